The van der Waals surface area contributed by atoms with Gasteiger partial charge in [0.25, 0.3) is 8.32 Å². The molecule has 1 N–H and O–H groups in total. The molecule has 0 aliphatic carbocycles. The smallest absolute Gasteiger partial charge is 0.408 e. The fourth-order valence-electron chi connectivity index (χ4n) is 3.66. The molecule has 0 fully saturated rings. The molecule has 0 saturated heterocycles. The number of carbonyl (C=O) groups excluding carboxylic acids is 2. The molecule has 0 aromatic heterocycles. The molecule has 1 unspecified atom stereocenters. The second kappa shape index (κ2) is 9.36. The van der Waals surface area contributed by atoms with Crippen molar-refractivity contribution in [2.24, 2.45) is 0 Å². The van der Waals surface area contributed by atoms with Gasteiger partial charge in [0.1, 0.15) is 17.4 Å². The molecule has 2 aromatic carbocycles. The molecule has 0 bridgehead atoms. The molecular formula is C25H35NO4Si. The van der Waals surface area contributed by atoms with Crippen molar-refractivity contribution in [2.75, 3.05) is 6.61 Å². The van der Waals surface area contributed by atoms with Crippen molar-refractivity contribution in [3.63, 3.8) is 0 Å². The molecule has 0 saturated carbocycles. The number of alkyl carbamates (subject to hydrolysis) is 1. The molecule has 0 radical (unpaired) electrons. The molecule has 1 amide bonds. The van der Waals surface area contributed by atoms with Crippen LogP contribution in [-0.2, 0) is 14.0 Å². The molecule has 6 heteroatoms. The average Bonchev–Trinajstić information content (AvgIpc) is 2.67. The van der Waals surface area contributed by atoms with Gasteiger partial charge in [-0.2, -0.15) is 0 Å². The summed E-state index contributed by atoms with van der Waals surface area (Å²) >= 11 is 0. The van der Waals surface area contributed by atoms with E-state index < -0.39 is 25.6 Å². The molecule has 2 rings (SSSR count). The number of aldehydes is 1. The lowest BCUT2D eigenvalue weighted by atomic mass is 10.1. The Hall–Kier alpha value is -2.44. The van der Waals surface area contributed by atoms with Gasteiger partial charge in [0.2, 0.25) is 0 Å². The first kappa shape index (κ1) is 24.8. The second-order valence-electron chi connectivity index (χ2n) is 10.1. The largest absolute Gasteiger partial charge is 0.444 e. The van der Waals surface area contributed by atoms with Crippen LogP contribution in [0.1, 0.15) is 48.5 Å². The van der Waals surface area contributed by atoms with E-state index in [2.05, 4.69) is 50.4 Å². The molecular weight excluding hydrogens is 406 g/mol. The Labute approximate surface area is 187 Å². The predicted octanol–water partition coefficient (Wildman–Crippen LogP) is 4.05. The van der Waals surface area contributed by atoms with Crippen LogP contribution in [0.3, 0.4) is 0 Å². The highest BCUT2D eigenvalue weighted by Crippen LogP contribution is 2.37. The van der Waals surface area contributed by atoms with Gasteiger partial charge < -0.3 is 19.3 Å². The summed E-state index contributed by atoms with van der Waals surface area (Å²) in [6.07, 6.45) is 0.0718. The Morgan fingerprint density at radius 2 is 1.32 bits per heavy atom. The summed E-state index contributed by atoms with van der Waals surface area (Å²) in [4.78, 5) is 24.4. The van der Waals surface area contributed by atoms with Gasteiger partial charge in [-0.3, -0.25) is 0 Å². The number of rotatable bonds is 7. The summed E-state index contributed by atoms with van der Waals surface area (Å²) in [6, 6.07) is 20.3. The number of benzene rings is 2. The summed E-state index contributed by atoms with van der Waals surface area (Å²) in [7, 11) is -2.82. The molecule has 0 spiro atoms. The van der Waals surface area contributed by atoms with Crippen LogP contribution < -0.4 is 15.7 Å². The summed E-state index contributed by atoms with van der Waals surface area (Å²) in [5.74, 6) is 0. The molecule has 2 aromatic rings. The first-order valence-electron chi connectivity index (χ1n) is 10.6. The normalized spacial score (nSPS) is 14.4. The van der Waals surface area contributed by atoms with E-state index in [0.29, 0.717) is 6.29 Å². The van der Waals surface area contributed by atoms with E-state index in [-0.39, 0.29) is 11.6 Å². The zero-order valence-electron chi connectivity index (χ0n) is 19.7. The molecule has 31 heavy (non-hydrogen) atoms. The Kier molecular flexibility index (Phi) is 7.50. The zero-order chi connectivity index (χ0) is 23.3. The Morgan fingerprint density at radius 3 is 1.68 bits per heavy atom. The Bertz CT molecular complexity index is 832. The fraction of sp³-hybridized carbons (Fsp3) is 0.440. The third-order valence-corrected chi connectivity index (χ3v) is 10.0. The van der Waals surface area contributed by atoms with Crippen molar-refractivity contribution in [2.45, 2.75) is 64.6 Å². The van der Waals surface area contributed by atoms with Gasteiger partial charge in [0.15, 0.2) is 0 Å². The molecule has 168 valence electrons. The van der Waals surface area contributed by atoms with Crippen molar-refractivity contribution < 1.29 is 18.8 Å². The maximum Gasteiger partial charge on any atom is 0.408 e. The summed E-state index contributed by atoms with van der Waals surface area (Å²) in [5, 5.41) is 4.68. The molecule has 0 aliphatic rings. The first-order chi connectivity index (χ1) is 14.3. The minimum absolute atomic E-state index is 0.0308. The summed E-state index contributed by atoms with van der Waals surface area (Å²) in [5.41, 5.74) is -1.89. The van der Waals surface area contributed by atoms with Gasteiger partial charge in [0, 0.05) is 0 Å². The summed E-state index contributed by atoms with van der Waals surface area (Å²) < 4.78 is 12.1. The number of carbonyl (C=O) groups is 2. The van der Waals surface area contributed by atoms with Crippen molar-refractivity contribution in [1.82, 2.24) is 5.32 Å². The molecule has 1 atom stereocenters. The quantitative estimate of drug-likeness (QED) is 0.520. The van der Waals surface area contributed by atoms with Gasteiger partial charge in [-0.15, -0.1) is 0 Å². The lowest BCUT2D eigenvalue weighted by Gasteiger charge is -2.44. The number of amides is 1. The van der Waals surface area contributed by atoms with Gasteiger partial charge in [-0.25, -0.2) is 4.79 Å². The van der Waals surface area contributed by atoms with Gasteiger partial charge in [0.05, 0.1) is 6.61 Å². The van der Waals surface area contributed by atoms with E-state index in [0.717, 1.165) is 10.4 Å². The molecule has 0 aliphatic heterocycles. The van der Waals surface area contributed by atoms with Gasteiger partial charge in [-0.05, 0) is 43.1 Å². The van der Waals surface area contributed by atoms with Crippen LogP contribution >= 0.6 is 0 Å². The summed E-state index contributed by atoms with van der Waals surface area (Å²) in [6.45, 7) is 13.5. The second-order valence-corrected chi connectivity index (χ2v) is 14.4. The van der Waals surface area contributed by atoms with Crippen molar-refractivity contribution in [1.29, 1.82) is 0 Å². The SMILES string of the molecule is CC(C=O)(CO[Si](c1ccccc1)(c1ccccc1)C(C)(C)C)NC(=O)OC(C)(C)C. The number of hydrogen-bond donors (Lipinski definition) is 1. The van der Waals surface area contributed by atoms with Crippen LogP contribution in [0.25, 0.3) is 0 Å². The number of hydrogen-bond acceptors (Lipinski definition) is 4. The first-order valence-corrected chi connectivity index (χ1v) is 12.5. The van der Waals surface area contributed by atoms with E-state index in [4.69, 9.17) is 9.16 Å². The van der Waals surface area contributed by atoms with E-state index >= 15 is 0 Å². The lowest BCUT2D eigenvalue weighted by molar-refractivity contribution is -0.114. The van der Waals surface area contributed by atoms with Crippen LogP contribution in [0.4, 0.5) is 4.79 Å². The van der Waals surface area contributed by atoms with E-state index in [1.807, 2.05) is 36.4 Å². The Balaban J connectivity index is 2.46. The maximum atomic E-state index is 12.4. The fourth-order valence-corrected chi connectivity index (χ4v) is 8.33. The minimum atomic E-state index is -2.82. The average molecular weight is 442 g/mol. The van der Waals surface area contributed by atoms with E-state index in [1.54, 1.807) is 27.7 Å². The van der Waals surface area contributed by atoms with E-state index in [9.17, 15) is 9.59 Å². The molecule has 5 nitrogen and oxygen atoms in total. The van der Waals surface area contributed by atoms with Crippen LogP contribution in [0, 0.1) is 0 Å². The third-order valence-electron chi connectivity index (χ3n) is 5.05. The van der Waals surface area contributed by atoms with Crippen LogP contribution in [-0.4, -0.2) is 38.4 Å². The topological polar surface area (TPSA) is 64.6 Å². The number of ether oxygens (including phenoxy) is 1. The maximum absolute atomic E-state index is 12.4. The number of nitrogens with one attached hydrogen (secondary N) is 1. The van der Waals surface area contributed by atoms with Crippen LogP contribution in [0.2, 0.25) is 5.04 Å². The minimum Gasteiger partial charge on any atom is -0.444 e. The standard InChI is InChI=1S/C25H35NO4Si/c1-23(2,3)30-22(28)26-25(7,18-27)19-29-31(24(4,5)6,20-14-10-8-11-15-20)21-16-12-9-13-17-21/h8-18H,19H2,1-7H3,(H,26,28). The van der Waals surface area contributed by atoms with Gasteiger partial charge >= 0.3 is 6.09 Å². The van der Waals surface area contributed by atoms with Crippen LogP contribution in [0.15, 0.2) is 60.7 Å². The highest BCUT2D eigenvalue weighted by atomic mass is 28.4. The van der Waals surface area contributed by atoms with E-state index in [1.165, 1.54) is 0 Å². The predicted molar refractivity (Wildman–Crippen MR) is 127 cm³/mol. The zero-order valence-corrected chi connectivity index (χ0v) is 20.7. The Morgan fingerprint density at radius 1 is 0.871 bits per heavy atom. The van der Waals surface area contributed by atoms with Gasteiger partial charge in [-0.1, -0.05) is 81.4 Å². The highest BCUT2D eigenvalue weighted by Gasteiger charge is 2.51. The van der Waals surface area contributed by atoms with Crippen LogP contribution in [0.5, 0.6) is 0 Å². The third kappa shape index (κ3) is 6.05. The van der Waals surface area contributed by atoms with Crippen molar-refractivity contribution in [3.8, 4) is 0 Å². The highest BCUT2D eigenvalue weighted by molar-refractivity contribution is 6.99. The van der Waals surface area contributed by atoms with Crippen molar-refractivity contribution >= 4 is 31.1 Å². The monoisotopic (exact) mass is 441 g/mol. The van der Waals surface area contributed by atoms with Crippen molar-refractivity contribution in [3.05, 3.63) is 60.7 Å². The lowest BCUT2D eigenvalue weighted by Crippen LogP contribution is -2.68. The molecule has 0 heterocycles.